The zero-order valence-corrected chi connectivity index (χ0v) is 23.9. The number of carbonyl (C=O) groups is 3. The summed E-state index contributed by atoms with van der Waals surface area (Å²) in [5, 5.41) is 28.3. The molecule has 1 unspecified atom stereocenters. The van der Waals surface area contributed by atoms with Gasteiger partial charge in [0.15, 0.2) is 10.9 Å². The van der Waals surface area contributed by atoms with Crippen LogP contribution in [0.5, 0.6) is 5.75 Å². The number of aromatic nitrogens is 6. The normalized spacial score (nSPS) is 18.5. The number of nitrogens with zero attached hydrogens (tertiary/aromatic N) is 8. The maximum atomic E-state index is 13.3. The summed E-state index contributed by atoms with van der Waals surface area (Å²) in [5.41, 5.74) is 5.76. The van der Waals surface area contributed by atoms with Crippen molar-refractivity contribution in [2.45, 2.75) is 23.1 Å². The lowest BCUT2D eigenvalue weighted by molar-refractivity contribution is -0.150. The van der Waals surface area contributed by atoms with Gasteiger partial charge in [0.1, 0.15) is 17.1 Å². The Morgan fingerprint density at radius 3 is 2.83 bits per heavy atom. The molecule has 2 aromatic heterocycles. The molecule has 2 aliphatic rings. The molecule has 19 heteroatoms. The van der Waals surface area contributed by atoms with E-state index in [-0.39, 0.29) is 33.9 Å². The lowest BCUT2D eigenvalue weighted by Gasteiger charge is -2.49. The van der Waals surface area contributed by atoms with E-state index in [0.29, 0.717) is 28.0 Å². The van der Waals surface area contributed by atoms with E-state index in [2.05, 4.69) is 41.9 Å². The van der Waals surface area contributed by atoms with Crippen LogP contribution in [-0.2, 0) is 20.9 Å². The number of β-lactam (4-membered cyclic amide) rings is 1. The number of carbonyl (C=O) groups excluding carboxylic acids is 2. The number of tetrazole rings is 1. The quantitative estimate of drug-likeness (QED) is 0.0894. The van der Waals surface area contributed by atoms with E-state index in [9.17, 15) is 19.5 Å². The van der Waals surface area contributed by atoms with E-state index in [1.807, 2.05) is 0 Å². The van der Waals surface area contributed by atoms with Crippen molar-refractivity contribution in [2.75, 3.05) is 17.2 Å². The molecule has 2 atom stereocenters. The van der Waals surface area contributed by atoms with Gasteiger partial charge in [0.05, 0.1) is 6.54 Å². The van der Waals surface area contributed by atoms with Crippen molar-refractivity contribution >= 4 is 75.3 Å². The number of oxime groups is 1. The monoisotopic (exact) mass is 634 g/mol. The zero-order valence-electron chi connectivity index (χ0n) is 20.7. The summed E-state index contributed by atoms with van der Waals surface area (Å²) in [5.74, 6) is -1.89. The number of carboxylic acid groups (broad SMARTS) is 1. The topological polar surface area (TPSA) is 204 Å². The van der Waals surface area contributed by atoms with Gasteiger partial charge in [-0.3, -0.25) is 14.5 Å². The van der Waals surface area contributed by atoms with Gasteiger partial charge in [0.25, 0.3) is 11.8 Å². The minimum Gasteiger partial charge on any atom is -0.477 e. The molecule has 1 fully saturated rings. The van der Waals surface area contributed by atoms with Crippen LogP contribution in [0.25, 0.3) is 0 Å². The molecule has 0 bridgehead atoms. The Morgan fingerprint density at radius 1 is 1.37 bits per heavy atom. The summed E-state index contributed by atoms with van der Waals surface area (Å²) in [6, 6.07) is 5.23. The molecular formula is C22H19ClN10O5S3. The first-order valence-electron chi connectivity index (χ1n) is 11.6. The van der Waals surface area contributed by atoms with Crippen molar-refractivity contribution in [1.29, 1.82) is 0 Å². The number of nitrogens with two attached hydrogens (primary N) is 1. The smallest absolute Gasteiger partial charge is 0.352 e. The minimum atomic E-state index is -1.25. The van der Waals surface area contributed by atoms with E-state index in [1.54, 1.807) is 30.3 Å². The third kappa shape index (κ3) is 6.04. The molecule has 41 heavy (non-hydrogen) atoms. The number of aliphatic carboxylic acids is 1. The van der Waals surface area contributed by atoms with Gasteiger partial charge in [-0.15, -0.1) is 23.4 Å². The largest absolute Gasteiger partial charge is 0.477 e. The number of amides is 2. The molecule has 2 aliphatic heterocycles. The van der Waals surface area contributed by atoms with Gasteiger partial charge < -0.3 is 21.0 Å². The Bertz CT molecular complexity index is 1570. The van der Waals surface area contributed by atoms with Gasteiger partial charge in [0, 0.05) is 28.1 Å². The summed E-state index contributed by atoms with van der Waals surface area (Å²) in [6.45, 7) is 4.05. The number of anilines is 1. The number of hydrogen-bond donors (Lipinski definition) is 3. The third-order valence-electron chi connectivity index (χ3n) is 5.64. The average molecular weight is 635 g/mol. The Kier molecular flexibility index (Phi) is 8.52. The van der Waals surface area contributed by atoms with Crippen molar-refractivity contribution in [3.63, 3.8) is 0 Å². The van der Waals surface area contributed by atoms with Gasteiger partial charge in [0.2, 0.25) is 16.7 Å². The maximum Gasteiger partial charge on any atom is 0.352 e. The molecule has 0 saturated carbocycles. The summed E-state index contributed by atoms with van der Waals surface area (Å²) in [4.78, 5) is 49.1. The number of fused-ring (bicyclic) bond motifs is 1. The van der Waals surface area contributed by atoms with Crippen LogP contribution >= 0.6 is 46.7 Å². The molecule has 1 saturated heterocycles. The van der Waals surface area contributed by atoms with E-state index in [4.69, 9.17) is 22.2 Å². The third-order valence-corrected chi connectivity index (χ3v) is 8.82. The number of benzene rings is 1. The molecule has 1 aromatic carbocycles. The van der Waals surface area contributed by atoms with Crippen LogP contribution in [0.4, 0.5) is 5.13 Å². The Labute approximate surface area is 249 Å². The molecule has 2 amide bonds. The average Bonchev–Trinajstić information content (AvgIpc) is 3.59. The van der Waals surface area contributed by atoms with Crippen LogP contribution in [0.15, 0.2) is 58.5 Å². The van der Waals surface area contributed by atoms with Gasteiger partial charge in [-0.05, 0) is 40.3 Å². The second-order valence-corrected chi connectivity index (χ2v) is 11.5. The van der Waals surface area contributed by atoms with Crippen LogP contribution in [0.1, 0.15) is 5.82 Å². The lowest BCUT2D eigenvalue weighted by Crippen LogP contribution is -2.71. The molecule has 3 aromatic rings. The molecule has 4 heterocycles. The number of hydrogen-bond acceptors (Lipinski definition) is 14. The fraction of sp³-hybridized carbons (Fsp3) is 0.227. The summed E-state index contributed by atoms with van der Waals surface area (Å²) >= 11 is 9.31. The number of halogens is 1. The highest BCUT2D eigenvalue weighted by Gasteiger charge is 2.54. The Morgan fingerprint density at radius 2 is 2.15 bits per heavy atom. The van der Waals surface area contributed by atoms with Crippen LogP contribution in [-0.4, -0.2) is 86.0 Å². The Hall–Kier alpha value is -4.00. The number of carboxylic acids is 1. The highest BCUT2D eigenvalue weighted by Crippen LogP contribution is 2.41. The molecule has 5 rings (SSSR count). The summed E-state index contributed by atoms with van der Waals surface area (Å²) in [7, 11) is 0. The molecule has 15 nitrogen and oxygen atoms in total. The minimum absolute atomic E-state index is 0.0943. The van der Waals surface area contributed by atoms with Gasteiger partial charge in [-0.2, -0.15) is 9.36 Å². The van der Waals surface area contributed by atoms with Gasteiger partial charge >= 0.3 is 5.97 Å². The van der Waals surface area contributed by atoms with E-state index in [0.717, 1.165) is 11.5 Å². The van der Waals surface area contributed by atoms with Crippen LogP contribution in [0.3, 0.4) is 0 Å². The number of nitrogen functional groups attached to an aromatic ring is 1. The fourth-order valence-corrected chi connectivity index (χ4v) is 6.73. The van der Waals surface area contributed by atoms with Gasteiger partial charge in [-0.1, -0.05) is 34.6 Å². The highest BCUT2D eigenvalue weighted by molar-refractivity contribution is 8.01. The Balaban J connectivity index is 1.31. The van der Waals surface area contributed by atoms with Crippen molar-refractivity contribution in [1.82, 2.24) is 39.8 Å². The number of nitrogens with one attached hydrogen (secondary N) is 1. The van der Waals surface area contributed by atoms with Crippen molar-refractivity contribution in [2.24, 2.45) is 5.16 Å². The van der Waals surface area contributed by atoms with E-state index >= 15 is 0 Å². The predicted molar refractivity (Wildman–Crippen MR) is 151 cm³/mol. The lowest BCUT2D eigenvalue weighted by atomic mass is 10.0. The SMILES string of the molecule is C=CCn1nnnc1SCC1=C(C(=O)O)N2C(=O)C(NC(=O)/C(=N\Oc3ccc(Cl)cc3)c3nsc(N)n3)[C@H]2SC1. The number of allylic oxidation sites excluding steroid dienone is 1. The molecule has 212 valence electrons. The standard InChI is InChI=1S/C22H19ClN10O5S3/c1-2-7-32-22(27-30-31-32)40-9-10-8-39-19-14(18(35)33(19)15(10)20(36)37)25-17(34)13(16-26-21(24)41-29-16)28-38-12-5-3-11(23)4-6-12/h2-6,14,19H,1,7-9H2,(H,25,34)(H,36,37)(H2,24,26,29)/b28-13-/t14?,19-/m1/s1. The molecule has 0 radical (unpaired) electrons. The van der Waals surface area contributed by atoms with Crippen molar-refractivity contribution < 1.29 is 24.3 Å². The summed E-state index contributed by atoms with van der Waals surface area (Å²) in [6.07, 6.45) is 1.63. The number of thioether (sulfide) groups is 2. The molecule has 0 spiro atoms. The fourth-order valence-electron chi connectivity index (χ4n) is 3.80. The molecule has 0 aliphatic carbocycles. The first-order chi connectivity index (χ1) is 19.8. The first-order valence-corrected chi connectivity index (χ1v) is 14.8. The van der Waals surface area contributed by atoms with Crippen LogP contribution in [0, 0.1) is 0 Å². The zero-order chi connectivity index (χ0) is 29.1. The van der Waals surface area contributed by atoms with E-state index < -0.39 is 29.2 Å². The second-order valence-electron chi connectivity index (χ2n) is 8.28. The second kappa shape index (κ2) is 12.2. The highest BCUT2D eigenvalue weighted by atomic mass is 35.5. The van der Waals surface area contributed by atoms with E-state index in [1.165, 1.54) is 33.1 Å². The van der Waals surface area contributed by atoms with Crippen molar-refractivity contribution in [3.05, 3.63) is 59.0 Å². The maximum absolute atomic E-state index is 13.3. The van der Waals surface area contributed by atoms with Crippen LogP contribution in [0.2, 0.25) is 5.02 Å². The molecule has 4 N–H and O–H groups in total. The summed E-state index contributed by atoms with van der Waals surface area (Å²) < 4.78 is 5.55. The van der Waals surface area contributed by atoms with Crippen molar-refractivity contribution in [3.8, 4) is 5.75 Å². The van der Waals surface area contributed by atoms with Gasteiger partial charge in [-0.25, -0.2) is 9.48 Å². The van der Waals surface area contributed by atoms with Crippen LogP contribution < -0.4 is 15.9 Å². The predicted octanol–water partition coefficient (Wildman–Crippen LogP) is 1.26. The first kappa shape index (κ1) is 28.5. The molecular weight excluding hydrogens is 616 g/mol. The number of rotatable bonds is 11.